The third kappa shape index (κ3) is 76.3. The van der Waals surface area contributed by atoms with Crippen LogP contribution < -0.4 is 0 Å². The number of aliphatic hydroxyl groups excluding tert-OH is 1. The Labute approximate surface area is 626 Å². The largest absolute Gasteiger partial charge is 0.472 e. The summed E-state index contributed by atoms with van der Waals surface area (Å²) in [5, 5.41) is 10.7. The summed E-state index contributed by atoms with van der Waals surface area (Å²) in [6.07, 6.45) is 70.6. The normalized spacial score (nSPS) is 13.8. The Morgan fingerprint density at radius 2 is 0.392 bits per heavy atom. The number of ether oxygens (including phenoxy) is 4. The zero-order chi connectivity index (χ0) is 74.6. The van der Waals surface area contributed by atoms with E-state index in [4.69, 9.17) is 37.0 Å². The maximum Gasteiger partial charge on any atom is 0.472 e. The average Bonchev–Trinajstić information content (AvgIpc) is 0.923. The van der Waals surface area contributed by atoms with E-state index in [-0.39, 0.29) is 25.7 Å². The predicted molar refractivity (Wildman–Crippen MR) is 419 cm³/mol. The number of unbranched alkanes of at least 4 members (excludes halogenated alkanes) is 58. The van der Waals surface area contributed by atoms with Crippen LogP contribution in [-0.4, -0.2) is 96.7 Å². The Morgan fingerprint density at radius 3 is 0.578 bits per heavy atom. The van der Waals surface area contributed by atoms with E-state index in [0.29, 0.717) is 25.7 Å². The van der Waals surface area contributed by atoms with Crippen LogP contribution in [0.4, 0.5) is 0 Å². The molecule has 0 bridgehead atoms. The van der Waals surface area contributed by atoms with Crippen molar-refractivity contribution in [2.75, 3.05) is 39.6 Å². The van der Waals surface area contributed by atoms with Crippen molar-refractivity contribution in [1.82, 2.24) is 0 Å². The van der Waals surface area contributed by atoms with Gasteiger partial charge in [0.05, 0.1) is 26.4 Å². The summed E-state index contributed by atoms with van der Waals surface area (Å²) in [6.45, 7) is 5.05. The maximum absolute atomic E-state index is 13.1. The summed E-state index contributed by atoms with van der Waals surface area (Å²) in [5.74, 6) is -2.10. The number of carbonyl (C=O) groups is 4. The average molecular weight is 1490 g/mol. The molecule has 0 aromatic heterocycles. The number of esters is 4. The molecular weight excluding hydrogens is 1330 g/mol. The molecule has 0 radical (unpaired) electrons. The number of carbonyl (C=O) groups excluding carboxylic acids is 4. The van der Waals surface area contributed by atoms with Crippen molar-refractivity contribution < 1.29 is 80.2 Å². The van der Waals surface area contributed by atoms with Gasteiger partial charge in [0, 0.05) is 25.7 Å². The van der Waals surface area contributed by atoms with Crippen molar-refractivity contribution in [3.05, 3.63) is 0 Å². The number of phosphoric ester groups is 2. The number of hydrogen-bond donors (Lipinski definition) is 3. The van der Waals surface area contributed by atoms with E-state index >= 15 is 0 Å². The van der Waals surface area contributed by atoms with E-state index in [2.05, 4.69) is 27.7 Å². The Kier molecular flexibility index (Phi) is 75.8. The molecule has 0 aliphatic heterocycles. The Hall–Kier alpha value is -1.94. The molecule has 5 atom stereocenters. The molecular formula is C83H162O17P2. The highest BCUT2D eigenvalue weighted by Gasteiger charge is 2.30. The molecule has 17 nitrogen and oxygen atoms in total. The molecule has 19 heteroatoms. The fourth-order valence-corrected chi connectivity index (χ4v) is 14.6. The molecule has 0 aromatic rings. The monoisotopic (exact) mass is 1490 g/mol. The van der Waals surface area contributed by atoms with Crippen molar-refractivity contribution in [2.24, 2.45) is 0 Å². The van der Waals surface area contributed by atoms with E-state index in [1.165, 1.54) is 283 Å². The van der Waals surface area contributed by atoms with Crippen molar-refractivity contribution in [3.8, 4) is 0 Å². The summed E-state index contributed by atoms with van der Waals surface area (Å²) in [6, 6.07) is 0. The van der Waals surface area contributed by atoms with Gasteiger partial charge in [-0.05, 0) is 25.7 Å². The van der Waals surface area contributed by atoms with E-state index in [1.807, 2.05) is 0 Å². The van der Waals surface area contributed by atoms with Gasteiger partial charge in [-0.1, -0.05) is 400 Å². The highest BCUT2D eigenvalue weighted by Crippen LogP contribution is 2.45. The number of hydrogen-bond acceptors (Lipinski definition) is 15. The zero-order valence-electron chi connectivity index (χ0n) is 66.6. The lowest BCUT2D eigenvalue weighted by Gasteiger charge is -2.21. The molecule has 0 spiro atoms. The highest BCUT2D eigenvalue weighted by molar-refractivity contribution is 7.47. The smallest absolute Gasteiger partial charge is 0.462 e. The second-order valence-electron chi connectivity index (χ2n) is 29.9. The Balaban J connectivity index is 5.26. The lowest BCUT2D eigenvalue weighted by molar-refractivity contribution is -0.161. The van der Waals surface area contributed by atoms with Gasteiger partial charge in [0.2, 0.25) is 0 Å². The third-order valence-corrected chi connectivity index (χ3v) is 21.5. The Bertz CT molecular complexity index is 1930. The van der Waals surface area contributed by atoms with E-state index in [1.54, 1.807) is 0 Å². The van der Waals surface area contributed by atoms with Gasteiger partial charge in [-0.15, -0.1) is 0 Å². The fourth-order valence-electron chi connectivity index (χ4n) is 13.0. The van der Waals surface area contributed by atoms with Gasteiger partial charge in [0.1, 0.15) is 19.3 Å². The first-order valence-electron chi connectivity index (χ1n) is 43.3. The van der Waals surface area contributed by atoms with Gasteiger partial charge in [-0.25, -0.2) is 9.13 Å². The van der Waals surface area contributed by atoms with Gasteiger partial charge in [-0.3, -0.25) is 37.3 Å². The van der Waals surface area contributed by atoms with Crippen LogP contribution in [0.25, 0.3) is 0 Å². The molecule has 0 rings (SSSR count). The standard InChI is InChI=1S/C83H162O17P2/c1-5-9-13-17-21-25-29-33-36-38-40-42-46-50-54-58-62-66-70-83(88)100-79(74-94-81(86)68-64-60-56-52-48-45-41-39-37-34-30-26-22-18-14-10-6-2)76-98-102(91,92)96-72-77(84)71-95-101(89,90)97-75-78(73-93-80(85)67-63-59-55-51-47-43-32-28-24-20-16-12-8-4)99-82(87)69-65-61-57-53-49-44-35-31-27-23-19-15-11-7-3/h77-79,84H,5-76H2,1-4H3,(H,89,90)(H,91,92)/t77-,78+,79+/m0/s1. The van der Waals surface area contributed by atoms with Crippen LogP contribution >= 0.6 is 15.6 Å². The summed E-state index contributed by atoms with van der Waals surface area (Å²) in [5.41, 5.74) is 0. The first kappa shape index (κ1) is 100. The molecule has 0 aromatic carbocycles. The van der Waals surface area contributed by atoms with Crippen LogP contribution in [-0.2, 0) is 65.4 Å². The molecule has 102 heavy (non-hydrogen) atoms. The predicted octanol–water partition coefficient (Wildman–Crippen LogP) is 25.4. The summed E-state index contributed by atoms with van der Waals surface area (Å²) in [4.78, 5) is 73.2. The van der Waals surface area contributed by atoms with E-state index in [0.717, 1.165) is 89.9 Å². The number of aliphatic hydroxyl groups is 1. The number of phosphoric acid groups is 2. The van der Waals surface area contributed by atoms with Crippen molar-refractivity contribution >= 4 is 39.5 Å². The second-order valence-corrected chi connectivity index (χ2v) is 32.8. The summed E-state index contributed by atoms with van der Waals surface area (Å²) < 4.78 is 68.8. The molecule has 0 heterocycles. The molecule has 0 amide bonds. The topological polar surface area (TPSA) is 237 Å². The van der Waals surface area contributed by atoms with Crippen LogP contribution in [0.3, 0.4) is 0 Å². The molecule has 3 N–H and O–H groups in total. The second kappa shape index (κ2) is 77.2. The molecule has 0 saturated carbocycles. The van der Waals surface area contributed by atoms with Gasteiger partial charge >= 0.3 is 39.5 Å². The van der Waals surface area contributed by atoms with Gasteiger partial charge < -0.3 is 33.8 Å². The van der Waals surface area contributed by atoms with Crippen molar-refractivity contribution in [2.45, 2.75) is 470 Å². The van der Waals surface area contributed by atoms with Crippen LogP contribution in [0.5, 0.6) is 0 Å². The zero-order valence-corrected chi connectivity index (χ0v) is 68.4. The first-order chi connectivity index (χ1) is 49.7. The van der Waals surface area contributed by atoms with Crippen molar-refractivity contribution in [3.63, 3.8) is 0 Å². The minimum atomic E-state index is -4.96. The fraction of sp³-hybridized carbons (Fsp3) is 0.952. The van der Waals surface area contributed by atoms with E-state index in [9.17, 15) is 43.2 Å². The number of rotatable bonds is 84. The van der Waals surface area contributed by atoms with Gasteiger partial charge in [0.25, 0.3) is 0 Å². The van der Waals surface area contributed by atoms with Crippen LogP contribution in [0, 0.1) is 0 Å². The first-order valence-corrected chi connectivity index (χ1v) is 46.3. The van der Waals surface area contributed by atoms with E-state index < -0.39 is 97.5 Å². The van der Waals surface area contributed by atoms with Crippen LogP contribution in [0.15, 0.2) is 0 Å². The molecule has 0 aliphatic carbocycles. The SMILES string of the molecule is CCCCCCCCCCCCCCCCCCCCC(=O)O[C@H](COC(=O)CCCCCCCCCCCCCCCCCCC)COP(=O)(O)OC[C@@H](O)COP(=O)(O)OC[C@@H](COC(=O)CCCCCCCCCCCCCCC)OC(=O)CCCCCCCCCCCCCCCC. The molecule has 0 fully saturated rings. The summed E-state index contributed by atoms with van der Waals surface area (Å²) in [7, 11) is -9.92. The maximum atomic E-state index is 13.1. The minimum Gasteiger partial charge on any atom is -0.462 e. The van der Waals surface area contributed by atoms with Crippen molar-refractivity contribution in [1.29, 1.82) is 0 Å². The lowest BCUT2D eigenvalue weighted by Crippen LogP contribution is -2.30. The quantitative estimate of drug-likeness (QED) is 0.0222. The lowest BCUT2D eigenvalue weighted by atomic mass is 10.0. The van der Waals surface area contributed by atoms with Gasteiger partial charge in [0.15, 0.2) is 12.2 Å². The third-order valence-electron chi connectivity index (χ3n) is 19.6. The highest BCUT2D eigenvalue weighted by atomic mass is 31.2. The van der Waals surface area contributed by atoms with Gasteiger partial charge in [-0.2, -0.15) is 0 Å². The van der Waals surface area contributed by atoms with Crippen LogP contribution in [0.2, 0.25) is 0 Å². The van der Waals surface area contributed by atoms with Crippen LogP contribution in [0.1, 0.15) is 451 Å². The molecule has 606 valence electrons. The Morgan fingerprint density at radius 1 is 0.235 bits per heavy atom. The molecule has 0 saturated heterocycles. The molecule has 2 unspecified atom stereocenters. The molecule has 0 aliphatic rings. The summed E-state index contributed by atoms with van der Waals surface area (Å²) >= 11 is 0. The minimum absolute atomic E-state index is 0.109.